The first kappa shape index (κ1) is 17.9. The minimum Gasteiger partial charge on any atom is -0.327 e. The van der Waals surface area contributed by atoms with Gasteiger partial charge in [0.15, 0.2) is 0 Å². The average Bonchev–Trinajstić information content (AvgIpc) is 2.60. The van der Waals surface area contributed by atoms with Crippen LogP contribution in [0.3, 0.4) is 0 Å². The van der Waals surface area contributed by atoms with E-state index in [0.717, 1.165) is 12.3 Å². The number of hydrogen-bond acceptors (Lipinski definition) is 2. The molecule has 0 spiro atoms. The van der Waals surface area contributed by atoms with Crippen LogP contribution in [-0.2, 0) is 0 Å². The van der Waals surface area contributed by atoms with Gasteiger partial charge in [0.2, 0.25) is 0 Å². The van der Waals surface area contributed by atoms with Crippen LogP contribution in [0.25, 0.3) is 5.57 Å². The highest BCUT2D eigenvalue weighted by molar-refractivity contribution is 5.68. The summed E-state index contributed by atoms with van der Waals surface area (Å²) in [7, 11) is 0. The predicted molar refractivity (Wildman–Crippen MR) is 102 cm³/mol. The van der Waals surface area contributed by atoms with Crippen molar-refractivity contribution in [3.63, 3.8) is 0 Å². The Hall–Kier alpha value is -1.41. The van der Waals surface area contributed by atoms with E-state index in [4.69, 9.17) is 5.73 Å². The zero-order chi connectivity index (χ0) is 16.7. The number of aliphatic imine (C=N–C) groups is 1. The van der Waals surface area contributed by atoms with Gasteiger partial charge in [0.05, 0.1) is 0 Å². The molecule has 1 aromatic rings. The Morgan fingerprint density at radius 2 is 1.96 bits per heavy atom. The summed E-state index contributed by atoms with van der Waals surface area (Å²) in [5.41, 5.74) is 10.5. The highest BCUT2D eigenvalue weighted by Crippen LogP contribution is 2.33. The van der Waals surface area contributed by atoms with Gasteiger partial charge in [0, 0.05) is 18.5 Å². The van der Waals surface area contributed by atoms with E-state index in [-0.39, 0.29) is 0 Å². The molecule has 2 atom stereocenters. The molecule has 0 radical (unpaired) electrons. The number of allylic oxidation sites excluding steroid dienone is 1. The number of nitrogens with zero attached hydrogens (tertiary/aromatic N) is 1. The van der Waals surface area contributed by atoms with Crippen molar-refractivity contribution in [2.75, 3.05) is 0 Å². The van der Waals surface area contributed by atoms with Crippen molar-refractivity contribution in [3.05, 3.63) is 41.6 Å². The second-order valence-corrected chi connectivity index (χ2v) is 7.01. The van der Waals surface area contributed by atoms with Crippen LogP contribution in [0.15, 0.2) is 35.5 Å². The summed E-state index contributed by atoms with van der Waals surface area (Å²) in [5, 5.41) is 0. The van der Waals surface area contributed by atoms with E-state index in [2.05, 4.69) is 43.1 Å². The summed E-state index contributed by atoms with van der Waals surface area (Å²) in [6.07, 6.45) is 11.6. The molecule has 23 heavy (non-hydrogen) atoms. The Kier molecular flexibility index (Phi) is 7.04. The quantitative estimate of drug-likeness (QED) is 0.688. The lowest BCUT2D eigenvalue weighted by Gasteiger charge is -2.30. The molecule has 0 aliphatic heterocycles. The molecule has 0 bridgehead atoms. The van der Waals surface area contributed by atoms with Crippen molar-refractivity contribution in [3.8, 4) is 0 Å². The molecular weight excluding hydrogens is 280 g/mol. The average molecular weight is 313 g/mol. The topological polar surface area (TPSA) is 38.4 Å². The maximum atomic E-state index is 6.55. The van der Waals surface area contributed by atoms with Crippen LogP contribution in [0.2, 0.25) is 0 Å². The summed E-state index contributed by atoms with van der Waals surface area (Å²) in [6.45, 7) is 6.40. The molecule has 126 valence electrons. The Bertz CT molecular complexity index is 539. The number of rotatable bonds is 6. The highest BCUT2D eigenvalue weighted by atomic mass is 14.7. The van der Waals surface area contributed by atoms with Crippen molar-refractivity contribution in [1.29, 1.82) is 0 Å². The Morgan fingerprint density at radius 1 is 1.26 bits per heavy atom. The second kappa shape index (κ2) is 9.02. The molecule has 2 N–H and O–H groups in total. The lowest BCUT2D eigenvalue weighted by Crippen LogP contribution is -2.32. The molecule has 1 aromatic carbocycles. The third-order valence-electron chi connectivity index (χ3n) is 5.21. The van der Waals surface area contributed by atoms with Gasteiger partial charge in [-0.1, -0.05) is 50.5 Å². The van der Waals surface area contributed by atoms with E-state index in [9.17, 15) is 0 Å². The molecule has 1 fully saturated rings. The maximum absolute atomic E-state index is 6.55. The van der Waals surface area contributed by atoms with Crippen LogP contribution in [-0.4, -0.2) is 12.3 Å². The molecule has 2 unspecified atom stereocenters. The summed E-state index contributed by atoms with van der Waals surface area (Å²) in [4.78, 5) is 4.27. The van der Waals surface area contributed by atoms with Crippen LogP contribution in [0, 0.1) is 5.92 Å². The Balaban J connectivity index is 2.11. The summed E-state index contributed by atoms with van der Waals surface area (Å²) < 4.78 is 0. The van der Waals surface area contributed by atoms with E-state index < -0.39 is 0 Å². The number of hydrogen-bond donors (Lipinski definition) is 1. The lowest BCUT2D eigenvalue weighted by molar-refractivity contribution is 0.287. The zero-order valence-electron chi connectivity index (χ0n) is 15.0. The van der Waals surface area contributed by atoms with Crippen molar-refractivity contribution in [2.24, 2.45) is 16.6 Å². The molecule has 0 heterocycles. The van der Waals surface area contributed by atoms with Gasteiger partial charge in [-0.2, -0.15) is 0 Å². The minimum atomic E-state index is 0.330. The van der Waals surface area contributed by atoms with E-state index in [1.165, 1.54) is 48.8 Å². The van der Waals surface area contributed by atoms with Crippen LogP contribution < -0.4 is 5.73 Å². The number of nitrogens with two attached hydrogens (primary N) is 1. The van der Waals surface area contributed by atoms with Gasteiger partial charge in [-0.05, 0) is 61.6 Å². The fourth-order valence-corrected chi connectivity index (χ4v) is 3.83. The van der Waals surface area contributed by atoms with Gasteiger partial charge in [-0.25, -0.2) is 0 Å². The lowest BCUT2D eigenvalue weighted by atomic mass is 9.79. The van der Waals surface area contributed by atoms with Crippen molar-refractivity contribution in [2.45, 2.75) is 71.3 Å². The molecule has 1 aliphatic rings. The molecule has 2 rings (SSSR count). The maximum Gasteiger partial charge on any atom is 0.0299 e. The highest BCUT2D eigenvalue weighted by Gasteiger charge is 2.23. The van der Waals surface area contributed by atoms with Crippen LogP contribution in [0.5, 0.6) is 0 Å². The Labute approximate surface area is 141 Å². The fourth-order valence-electron chi connectivity index (χ4n) is 3.83. The van der Waals surface area contributed by atoms with Gasteiger partial charge in [0.1, 0.15) is 0 Å². The smallest absolute Gasteiger partial charge is 0.0299 e. The Morgan fingerprint density at radius 3 is 2.65 bits per heavy atom. The third kappa shape index (κ3) is 5.04. The molecular formula is C21H32N2. The molecule has 2 nitrogen and oxygen atoms in total. The normalized spacial score (nSPS) is 19.9. The minimum absolute atomic E-state index is 0.330. The van der Waals surface area contributed by atoms with E-state index in [0.29, 0.717) is 12.0 Å². The SMILES string of the molecule is CC=N/C=C(\C)c1ccccc1C(C)CC(N)C1CCCCC1. The van der Waals surface area contributed by atoms with Crippen LogP contribution in [0.4, 0.5) is 0 Å². The molecule has 2 heteroatoms. The van der Waals surface area contributed by atoms with Gasteiger partial charge in [-0.15, -0.1) is 0 Å². The molecule has 0 aromatic heterocycles. The van der Waals surface area contributed by atoms with Crippen LogP contribution in [0.1, 0.15) is 76.3 Å². The van der Waals surface area contributed by atoms with Gasteiger partial charge in [-0.3, -0.25) is 4.99 Å². The summed E-state index contributed by atoms with van der Waals surface area (Å²) in [6, 6.07) is 9.03. The van der Waals surface area contributed by atoms with E-state index in [1.807, 2.05) is 19.3 Å². The standard InChI is InChI=1S/C21H32N2/c1-4-23-15-17(3)20-13-9-8-12-19(20)16(2)14-21(22)18-10-6-5-7-11-18/h4,8-9,12-13,15-16,18,21H,5-7,10-11,14,22H2,1-3H3/b17-15+,23-4?. The van der Waals surface area contributed by atoms with Gasteiger partial charge >= 0.3 is 0 Å². The second-order valence-electron chi connectivity index (χ2n) is 7.01. The molecule has 1 saturated carbocycles. The summed E-state index contributed by atoms with van der Waals surface area (Å²) >= 11 is 0. The first-order valence-electron chi connectivity index (χ1n) is 9.13. The largest absolute Gasteiger partial charge is 0.327 e. The van der Waals surface area contributed by atoms with Gasteiger partial charge < -0.3 is 5.73 Å². The monoisotopic (exact) mass is 312 g/mol. The molecule has 1 aliphatic carbocycles. The first-order chi connectivity index (χ1) is 11.1. The van der Waals surface area contributed by atoms with E-state index in [1.54, 1.807) is 0 Å². The van der Waals surface area contributed by atoms with E-state index >= 15 is 0 Å². The van der Waals surface area contributed by atoms with Crippen LogP contribution >= 0.6 is 0 Å². The molecule has 0 saturated heterocycles. The molecule has 0 amide bonds. The zero-order valence-corrected chi connectivity index (χ0v) is 15.0. The van der Waals surface area contributed by atoms with Crippen molar-refractivity contribution < 1.29 is 0 Å². The predicted octanol–water partition coefficient (Wildman–Crippen LogP) is 5.54. The van der Waals surface area contributed by atoms with Crippen molar-refractivity contribution >= 4 is 11.8 Å². The summed E-state index contributed by atoms with van der Waals surface area (Å²) in [5.74, 6) is 1.21. The van der Waals surface area contributed by atoms with Gasteiger partial charge in [0.25, 0.3) is 0 Å². The fraction of sp³-hybridized carbons (Fsp3) is 0.571. The number of benzene rings is 1. The van der Waals surface area contributed by atoms with Crippen molar-refractivity contribution in [1.82, 2.24) is 0 Å². The first-order valence-corrected chi connectivity index (χ1v) is 9.13. The third-order valence-corrected chi connectivity index (χ3v) is 5.21.